The summed E-state index contributed by atoms with van der Waals surface area (Å²) < 4.78 is 31.5. The van der Waals surface area contributed by atoms with E-state index in [0.717, 1.165) is 7.11 Å². The summed E-state index contributed by atoms with van der Waals surface area (Å²) in [5, 5.41) is 0. The molecule has 1 aromatic rings. The third-order valence-corrected chi connectivity index (χ3v) is 2.79. The fourth-order valence-corrected chi connectivity index (χ4v) is 1.63. The average Bonchev–Trinajstić information content (AvgIpc) is 2.55. The van der Waals surface area contributed by atoms with E-state index in [2.05, 4.69) is 9.47 Å². The summed E-state index contributed by atoms with van der Waals surface area (Å²) in [7, 11) is 2.32. The van der Waals surface area contributed by atoms with Crippen LogP contribution in [0.3, 0.4) is 0 Å². The van der Waals surface area contributed by atoms with Crippen LogP contribution in [0.15, 0.2) is 24.3 Å². The number of hydrogen-bond donors (Lipinski definition) is 0. The van der Waals surface area contributed by atoms with Crippen molar-refractivity contribution in [1.82, 2.24) is 0 Å². The third kappa shape index (κ3) is 6.77. The Labute approximate surface area is 132 Å². The molecular formula is C15H17FO7. The summed E-state index contributed by atoms with van der Waals surface area (Å²) in [5.41, 5.74) is 0.422. The van der Waals surface area contributed by atoms with Crippen LogP contribution < -0.4 is 0 Å². The van der Waals surface area contributed by atoms with Crippen LogP contribution in [0.25, 0.3) is 0 Å². The molecule has 0 aliphatic carbocycles. The topological polar surface area (TPSA) is 88.1 Å². The lowest BCUT2D eigenvalue weighted by molar-refractivity contribution is -0.153. The van der Waals surface area contributed by atoms with Gasteiger partial charge in [-0.15, -0.1) is 0 Å². The summed E-state index contributed by atoms with van der Waals surface area (Å²) >= 11 is 0. The van der Waals surface area contributed by atoms with Gasteiger partial charge in [-0.2, -0.15) is 0 Å². The maximum atomic E-state index is 13.0. The van der Waals surface area contributed by atoms with Crippen molar-refractivity contribution in [2.75, 3.05) is 14.2 Å². The molecule has 7 nitrogen and oxygen atoms in total. The SMILES string of the molecule is COC(=O)CCC(OC(=O)OCc1cccc(F)c1)C(=O)OC. The monoisotopic (exact) mass is 328 g/mol. The molecule has 0 aliphatic heterocycles. The molecule has 0 saturated carbocycles. The highest BCUT2D eigenvalue weighted by Crippen LogP contribution is 2.10. The van der Waals surface area contributed by atoms with Crippen molar-refractivity contribution >= 4 is 18.1 Å². The number of carbonyl (C=O) groups excluding carboxylic acids is 3. The Kier molecular flexibility index (Phi) is 7.52. The molecule has 23 heavy (non-hydrogen) atoms. The van der Waals surface area contributed by atoms with Gasteiger partial charge in [-0.05, 0) is 17.7 Å². The number of hydrogen-bond acceptors (Lipinski definition) is 7. The lowest BCUT2D eigenvalue weighted by Gasteiger charge is -2.15. The Morgan fingerprint density at radius 1 is 1.17 bits per heavy atom. The quantitative estimate of drug-likeness (QED) is 0.558. The third-order valence-electron chi connectivity index (χ3n) is 2.79. The van der Waals surface area contributed by atoms with Crippen LogP contribution in [0, 0.1) is 5.82 Å². The minimum absolute atomic E-state index is 0.103. The van der Waals surface area contributed by atoms with E-state index in [1.165, 1.54) is 25.3 Å². The normalized spacial score (nSPS) is 11.3. The molecule has 0 fully saturated rings. The smallest absolute Gasteiger partial charge is 0.469 e. The summed E-state index contributed by atoms with van der Waals surface area (Å²) in [6.07, 6.45) is -2.66. The van der Waals surface area contributed by atoms with Crippen molar-refractivity contribution in [3.63, 3.8) is 0 Å². The summed E-state index contributed by atoms with van der Waals surface area (Å²) in [6, 6.07) is 5.47. The Morgan fingerprint density at radius 3 is 2.52 bits per heavy atom. The highest BCUT2D eigenvalue weighted by atomic mass is 19.1. The standard InChI is InChI=1S/C15H17FO7/c1-20-13(17)7-6-12(14(18)21-2)23-15(19)22-9-10-4-3-5-11(16)8-10/h3-5,8,12H,6-7,9H2,1-2H3. The molecule has 0 amide bonds. The minimum Gasteiger partial charge on any atom is -0.469 e. The van der Waals surface area contributed by atoms with Crippen molar-refractivity contribution in [1.29, 1.82) is 0 Å². The highest BCUT2D eigenvalue weighted by molar-refractivity contribution is 5.78. The van der Waals surface area contributed by atoms with Crippen molar-refractivity contribution in [2.45, 2.75) is 25.6 Å². The second kappa shape index (κ2) is 9.39. The van der Waals surface area contributed by atoms with Crippen LogP contribution in [0.5, 0.6) is 0 Å². The molecule has 0 aliphatic rings. The van der Waals surface area contributed by atoms with E-state index >= 15 is 0 Å². The number of halogens is 1. The lowest BCUT2D eigenvalue weighted by atomic mass is 10.2. The molecule has 1 aromatic carbocycles. The summed E-state index contributed by atoms with van der Waals surface area (Å²) in [6.45, 7) is -0.221. The van der Waals surface area contributed by atoms with Gasteiger partial charge in [0.05, 0.1) is 14.2 Å². The van der Waals surface area contributed by atoms with Gasteiger partial charge in [0.25, 0.3) is 0 Å². The van der Waals surface area contributed by atoms with E-state index in [9.17, 15) is 18.8 Å². The summed E-state index contributed by atoms with van der Waals surface area (Å²) in [4.78, 5) is 34.2. The number of carbonyl (C=O) groups is 3. The van der Waals surface area contributed by atoms with Gasteiger partial charge in [0.2, 0.25) is 6.10 Å². The number of rotatable bonds is 7. The maximum Gasteiger partial charge on any atom is 0.509 e. The predicted octanol–water partition coefficient (Wildman–Crippen LogP) is 1.97. The molecule has 0 spiro atoms. The zero-order chi connectivity index (χ0) is 17.2. The van der Waals surface area contributed by atoms with Gasteiger partial charge < -0.3 is 18.9 Å². The Balaban J connectivity index is 2.52. The van der Waals surface area contributed by atoms with Crippen LogP contribution in [0.4, 0.5) is 9.18 Å². The molecule has 0 aromatic heterocycles. The van der Waals surface area contributed by atoms with Gasteiger partial charge in [0.15, 0.2) is 0 Å². The molecular weight excluding hydrogens is 311 g/mol. The van der Waals surface area contributed by atoms with E-state index in [-0.39, 0.29) is 19.4 Å². The lowest BCUT2D eigenvalue weighted by Crippen LogP contribution is -2.29. The second-order valence-electron chi connectivity index (χ2n) is 4.41. The Hall–Kier alpha value is -2.64. The molecule has 1 unspecified atom stereocenters. The molecule has 0 saturated heterocycles. The number of esters is 2. The zero-order valence-corrected chi connectivity index (χ0v) is 12.7. The second-order valence-corrected chi connectivity index (χ2v) is 4.41. The number of benzene rings is 1. The van der Waals surface area contributed by atoms with Crippen molar-refractivity contribution in [3.05, 3.63) is 35.6 Å². The molecule has 1 atom stereocenters. The van der Waals surface area contributed by atoms with Gasteiger partial charge in [-0.1, -0.05) is 12.1 Å². The van der Waals surface area contributed by atoms with E-state index in [0.29, 0.717) is 5.56 Å². The van der Waals surface area contributed by atoms with Gasteiger partial charge in [-0.3, -0.25) is 4.79 Å². The molecule has 1 rings (SSSR count). The molecule has 0 bridgehead atoms. The van der Waals surface area contributed by atoms with Crippen LogP contribution in [0.1, 0.15) is 18.4 Å². The zero-order valence-electron chi connectivity index (χ0n) is 12.7. The van der Waals surface area contributed by atoms with Crippen LogP contribution >= 0.6 is 0 Å². The first-order valence-corrected chi connectivity index (χ1v) is 6.68. The van der Waals surface area contributed by atoms with E-state index in [4.69, 9.17) is 9.47 Å². The molecule has 126 valence electrons. The predicted molar refractivity (Wildman–Crippen MR) is 74.7 cm³/mol. The summed E-state index contributed by atoms with van der Waals surface area (Å²) in [5.74, 6) is -1.85. The van der Waals surface area contributed by atoms with Gasteiger partial charge in [0.1, 0.15) is 12.4 Å². The van der Waals surface area contributed by atoms with E-state index in [1.807, 2.05) is 0 Å². The minimum atomic E-state index is -1.29. The number of methoxy groups -OCH3 is 2. The van der Waals surface area contributed by atoms with Crippen molar-refractivity contribution in [2.24, 2.45) is 0 Å². The van der Waals surface area contributed by atoms with E-state index < -0.39 is 30.0 Å². The first-order chi connectivity index (χ1) is 11.0. The van der Waals surface area contributed by atoms with Crippen LogP contribution in [-0.2, 0) is 35.1 Å². The Bertz CT molecular complexity index is 559. The van der Waals surface area contributed by atoms with Crippen molar-refractivity contribution in [3.8, 4) is 0 Å². The van der Waals surface area contributed by atoms with Crippen molar-refractivity contribution < 1.29 is 37.7 Å². The first kappa shape index (κ1) is 18.4. The fourth-order valence-electron chi connectivity index (χ4n) is 1.63. The van der Waals surface area contributed by atoms with Crippen LogP contribution in [-0.4, -0.2) is 38.4 Å². The number of ether oxygens (including phenoxy) is 4. The highest BCUT2D eigenvalue weighted by Gasteiger charge is 2.25. The van der Waals surface area contributed by atoms with Crippen LogP contribution in [0.2, 0.25) is 0 Å². The first-order valence-electron chi connectivity index (χ1n) is 6.68. The van der Waals surface area contributed by atoms with Gasteiger partial charge in [-0.25, -0.2) is 14.0 Å². The fraction of sp³-hybridized carbons (Fsp3) is 0.400. The molecule has 8 heteroatoms. The average molecular weight is 328 g/mol. The Morgan fingerprint density at radius 2 is 1.91 bits per heavy atom. The largest absolute Gasteiger partial charge is 0.509 e. The maximum absolute atomic E-state index is 13.0. The van der Waals surface area contributed by atoms with Gasteiger partial charge in [0, 0.05) is 12.8 Å². The molecule has 0 radical (unpaired) electrons. The van der Waals surface area contributed by atoms with E-state index in [1.54, 1.807) is 6.07 Å². The molecule has 0 heterocycles. The molecule has 0 N–H and O–H groups in total. The van der Waals surface area contributed by atoms with Gasteiger partial charge >= 0.3 is 18.1 Å².